The molecule has 122 valence electrons. The molecule has 21 heavy (non-hydrogen) atoms. The predicted octanol–water partition coefficient (Wildman–Crippen LogP) is 0.286. The monoisotopic (exact) mass is 297 g/mol. The molecule has 2 N–H and O–H groups in total. The van der Waals surface area contributed by atoms with Crippen molar-refractivity contribution in [1.82, 2.24) is 15.1 Å². The SMILES string of the molecule is CNC1(CO)CCCC(N2CCC(N3CCOCC3)C2)C1. The zero-order valence-electron chi connectivity index (χ0n) is 13.4. The fourth-order valence-electron chi connectivity index (χ4n) is 4.43. The minimum Gasteiger partial charge on any atom is -0.394 e. The molecule has 3 rings (SSSR count). The largest absolute Gasteiger partial charge is 0.394 e. The Labute approximate surface area is 128 Å². The van der Waals surface area contributed by atoms with Crippen LogP contribution in [0.1, 0.15) is 32.1 Å². The maximum absolute atomic E-state index is 9.75. The van der Waals surface area contributed by atoms with Gasteiger partial charge in [-0.25, -0.2) is 0 Å². The third kappa shape index (κ3) is 3.42. The zero-order valence-corrected chi connectivity index (χ0v) is 13.4. The summed E-state index contributed by atoms with van der Waals surface area (Å²) < 4.78 is 5.47. The van der Waals surface area contributed by atoms with Gasteiger partial charge in [-0.3, -0.25) is 9.80 Å². The molecule has 3 aliphatic rings. The van der Waals surface area contributed by atoms with Gasteiger partial charge < -0.3 is 15.2 Å². The van der Waals surface area contributed by atoms with E-state index in [-0.39, 0.29) is 12.1 Å². The van der Waals surface area contributed by atoms with Crippen molar-refractivity contribution in [3.63, 3.8) is 0 Å². The van der Waals surface area contributed by atoms with Crippen molar-refractivity contribution in [1.29, 1.82) is 0 Å². The number of likely N-dealkylation sites (N-methyl/N-ethyl adjacent to an activating group) is 1. The molecule has 3 atom stereocenters. The van der Waals surface area contributed by atoms with Gasteiger partial charge in [-0.15, -0.1) is 0 Å². The number of morpholine rings is 1. The molecule has 2 heterocycles. The van der Waals surface area contributed by atoms with E-state index in [4.69, 9.17) is 4.74 Å². The van der Waals surface area contributed by atoms with Crippen LogP contribution < -0.4 is 5.32 Å². The molecule has 0 radical (unpaired) electrons. The first-order chi connectivity index (χ1) is 10.3. The first-order valence-corrected chi connectivity index (χ1v) is 8.62. The Morgan fingerprint density at radius 1 is 1.14 bits per heavy atom. The Bertz CT molecular complexity index is 329. The van der Waals surface area contributed by atoms with Crippen LogP contribution in [0.15, 0.2) is 0 Å². The Kier molecular flexibility index (Phi) is 5.17. The molecule has 0 amide bonds. The molecule has 0 spiro atoms. The minimum atomic E-state index is -0.0417. The Balaban J connectivity index is 1.55. The van der Waals surface area contributed by atoms with Crippen LogP contribution in [0.3, 0.4) is 0 Å². The van der Waals surface area contributed by atoms with Crippen molar-refractivity contribution in [2.45, 2.75) is 49.7 Å². The molecule has 0 aromatic heterocycles. The summed E-state index contributed by atoms with van der Waals surface area (Å²) in [6.45, 7) is 6.68. The Morgan fingerprint density at radius 3 is 2.67 bits per heavy atom. The van der Waals surface area contributed by atoms with Crippen LogP contribution in [0.2, 0.25) is 0 Å². The highest BCUT2D eigenvalue weighted by Crippen LogP contribution is 2.33. The number of nitrogens with zero attached hydrogens (tertiary/aromatic N) is 2. The molecule has 3 fully saturated rings. The maximum Gasteiger partial charge on any atom is 0.0613 e. The van der Waals surface area contributed by atoms with Gasteiger partial charge in [-0.1, -0.05) is 0 Å². The number of ether oxygens (including phenoxy) is 1. The summed E-state index contributed by atoms with van der Waals surface area (Å²) in [4.78, 5) is 5.30. The molecule has 3 unspecified atom stereocenters. The average molecular weight is 297 g/mol. The van der Waals surface area contributed by atoms with E-state index < -0.39 is 0 Å². The summed E-state index contributed by atoms with van der Waals surface area (Å²) in [7, 11) is 2.00. The third-order valence-corrected chi connectivity index (χ3v) is 5.93. The van der Waals surface area contributed by atoms with Crippen LogP contribution in [-0.2, 0) is 4.74 Å². The lowest BCUT2D eigenvalue weighted by molar-refractivity contribution is 0.0153. The van der Waals surface area contributed by atoms with Gasteiger partial charge in [0.05, 0.1) is 19.8 Å². The molecule has 2 aliphatic heterocycles. The molecule has 5 heteroatoms. The van der Waals surface area contributed by atoms with Crippen molar-refractivity contribution < 1.29 is 9.84 Å². The number of likely N-dealkylation sites (tertiary alicyclic amines) is 1. The molecule has 0 aromatic rings. The maximum atomic E-state index is 9.75. The number of hydrogen-bond donors (Lipinski definition) is 2. The molecule has 0 bridgehead atoms. The normalized spacial score (nSPS) is 39.7. The second-order valence-electron chi connectivity index (χ2n) is 7.02. The van der Waals surface area contributed by atoms with Gasteiger partial charge in [0, 0.05) is 43.8 Å². The van der Waals surface area contributed by atoms with Gasteiger partial charge in [0.15, 0.2) is 0 Å². The standard InChI is InChI=1S/C16H31N3O2/c1-17-16(13-20)5-2-3-14(11-16)19-6-4-15(12-19)18-7-9-21-10-8-18/h14-15,17,20H,2-13H2,1H3. The smallest absolute Gasteiger partial charge is 0.0613 e. The topological polar surface area (TPSA) is 48.0 Å². The summed E-state index contributed by atoms with van der Waals surface area (Å²) >= 11 is 0. The van der Waals surface area contributed by atoms with Crippen molar-refractivity contribution in [2.75, 3.05) is 53.0 Å². The van der Waals surface area contributed by atoms with E-state index in [1.54, 1.807) is 0 Å². The van der Waals surface area contributed by atoms with Gasteiger partial charge in [0.25, 0.3) is 0 Å². The highest BCUT2D eigenvalue weighted by molar-refractivity contribution is 4.98. The highest BCUT2D eigenvalue weighted by Gasteiger charge is 2.39. The molecule has 5 nitrogen and oxygen atoms in total. The fourth-order valence-corrected chi connectivity index (χ4v) is 4.43. The van der Waals surface area contributed by atoms with Crippen LogP contribution in [0, 0.1) is 0 Å². The summed E-state index contributed by atoms with van der Waals surface area (Å²) in [5.41, 5.74) is -0.0417. The van der Waals surface area contributed by atoms with Crippen LogP contribution in [-0.4, -0.2) is 85.6 Å². The number of aliphatic hydroxyl groups excluding tert-OH is 1. The molecular formula is C16H31N3O2. The van der Waals surface area contributed by atoms with E-state index in [1.807, 2.05) is 7.05 Å². The summed E-state index contributed by atoms with van der Waals surface area (Å²) in [6, 6.07) is 1.36. The van der Waals surface area contributed by atoms with Crippen LogP contribution in [0.4, 0.5) is 0 Å². The predicted molar refractivity (Wildman–Crippen MR) is 83.5 cm³/mol. The average Bonchev–Trinajstić information content (AvgIpc) is 3.06. The van der Waals surface area contributed by atoms with Crippen molar-refractivity contribution >= 4 is 0 Å². The fraction of sp³-hybridized carbons (Fsp3) is 1.00. The first-order valence-electron chi connectivity index (χ1n) is 8.62. The van der Waals surface area contributed by atoms with Crippen molar-refractivity contribution in [3.05, 3.63) is 0 Å². The Hall–Kier alpha value is -0.200. The van der Waals surface area contributed by atoms with E-state index in [9.17, 15) is 5.11 Å². The second-order valence-corrected chi connectivity index (χ2v) is 7.02. The van der Waals surface area contributed by atoms with Gasteiger partial charge in [-0.2, -0.15) is 0 Å². The highest BCUT2D eigenvalue weighted by atomic mass is 16.5. The van der Waals surface area contributed by atoms with E-state index >= 15 is 0 Å². The summed E-state index contributed by atoms with van der Waals surface area (Å²) in [5, 5.41) is 13.1. The molecule has 1 saturated carbocycles. The van der Waals surface area contributed by atoms with Crippen LogP contribution in [0.5, 0.6) is 0 Å². The lowest BCUT2D eigenvalue weighted by Gasteiger charge is -2.43. The first kappa shape index (κ1) is 15.7. The van der Waals surface area contributed by atoms with Gasteiger partial charge in [-0.05, 0) is 39.2 Å². The lowest BCUT2D eigenvalue weighted by atomic mass is 9.79. The zero-order chi connectivity index (χ0) is 14.7. The van der Waals surface area contributed by atoms with E-state index in [1.165, 1.54) is 32.4 Å². The number of hydrogen-bond acceptors (Lipinski definition) is 5. The summed E-state index contributed by atoms with van der Waals surface area (Å²) in [6.07, 6.45) is 6.01. The van der Waals surface area contributed by atoms with Crippen LogP contribution >= 0.6 is 0 Å². The van der Waals surface area contributed by atoms with Crippen molar-refractivity contribution in [3.8, 4) is 0 Å². The molecular weight excluding hydrogens is 266 g/mol. The van der Waals surface area contributed by atoms with E-state index in [2.05, 4.69) is 15.1 Å². The van der Waals surface area contributed by atoms with Crippen molar-refractivity contribution in [2.24, 2.45) is 0 Å². The third-order valence-electron chi connectivity index (χ3n) is 5.93. The molecule has 0 aromatic carbocycles. The number of nitrogens with one attached hydrogen (secondary N) is 1. The lowest BCUT2D eigenvalue weighted by Crippen LogP contribution is -2.54. The summed E-state index contributed by atoms with van der Waals surface area (Å²) in [5.74, 6) is 0. The van der Waals surface area contributed by atoms with Gasteiger partial charge in [0.2, 0.25) is 0 Å². The molecule has 1 aliphatic carbocycles. The minimum absolute atomic E-state index is 0.0417. The van der Waals surface area contributed by atoms with E-state index in [0.29, 0.717) is 12.1 Å². The van der Waals surface area contributed by atoms with E-state index in [0.717, 1.165) is 39.1 Å². The molecule has 2 saturated heterocycles. The van der Waals surface area contributed by atoms with Gasteiger partial charge in [0.1, 0.15) is 0 Å². The quantitative estimate of drug-likeness (QED) is 0.781. The van der Waals surface area contributed by atoms with Gasteiger partial charge >= 0.3 is 0 Å². The second kappa shape index (κ2) is 6.92. The number of aliphatic hydroxyl groups is 1. The Morgan fingerprint density at radius 2 is 1.95 bits per heavy atom. The van der Waals surface area contributed by atoms with Crippen LogP contribution in [0.25, 0.3) is 0 Å². The number of rotatable bonds is 4.